The lowest BCUT2D eigenvalue weighted by Crippen LogP contribution is -1.87. The van der Waals surface area contributed by atoms with E-state index in [-0.39, 0.29) is 0 Å². The molecule has 0 amide bonds. The van der Waals surface area contributed by atoms with E-state index in [0.717, 1.165) is 5.56 Å². The maximum atomic E-state index is 6.95. The van der Waals surface area contributed by atoms with E-state index in [1.165, 1.54) is 6.21 Å². The Balaban J connectivity index is 3.22. The molecule has 0 saturated heterocycles. The minimum atomic E-state index is 0.496. The Labute approximate surface area is 89.3 Å². The van der Waals surface area contributed by atoms with Crippen molar-refractivity contribution in [3.8, 4) is 0 Å². The topological polar surface area (TPSA) is 60.1 Å². The van der Waals surface area contributed by atoms with Crippen LogP contribution in [0.1, 0.15) is 5.56 Å². The van der Waals surface area contributed by atoms with E-state index in [0.29, 0.717) is 21.6 Å². The van der Waals surface area contributed by atoms with Gasteiger partial charge in [-0.3, -0.25) is 0 Å². The first-order chi connectivity index (χ1) is 6.20. The molecule has 1 rings (SSSR count). The number of hydrogen-bond acceptors (Lipinski definition) is 3. The van der Waals surface area contributed by atoms with Crippen LogP contribution in [0.3, 0.4) is 0 Å². The Bertz CT molecular complexity index is 351. The van der Waals surface area contributed by atoms with Crippen LogP contribution in [0.15, 0.2) is 21.7 Å². The zero-order chi connectivity index (χ0) is 9.84. The van der Waals surface area contributed by atoms with Crippen LogP contribution in [-0.4, -0.2) is 6.21 Å². The second-order valence-corrected chi connectivity index (χ2v) is 3.56. The fourth-order valence-electron chi connectivity index (χ4n) is 0.933. The third-order valence-corrected chi connectivity index (χ3v) is 3.05. The Morgan fingerprint density at radius 1 is 1.54 bits per heavy atom. The predicted molar refractivity (Wildman–Crippen MR) is 56.4 cm³/mol. The van der Waals surface area contributed by atoms with Crippen LogP contribution in [0.5, 0.6) is 0 Å². The Morgan fingerprint density at radius 3 is 2.77 bits per heavy atom. The fraction of sp³-hybridized carbons (Fsp3) is 0.125. The zero-order valence-corrected chi connectivity index (χ0v) is 8.98. The van der Waals surface area contributed by atoms with Gasteiger partial charge in [0, 0.05) is 6.42 Å². The first-order valence-electron chi connectivity index (χ1n) is 3.54. The predicted octanol–water partition coefficient (Wildman–Crippen LogP) is 3.96. The lowest BCUT2D eigenvalue weighted by Gasteiger charge is -2.04. The molecule has 0 unspecified atom stereocenters. The summed E-state index contributed by atoms with van der Waals surface area (Å²) in [5, 5.41) is 10.8. The second kappa shape index (κ2) is 4.48. The van der Waals surface area contributed by atoms with Crippen molar-refractivity contribution in [2.45, 2.75) is 6.42 Å². The van der Waals surface area contributed by atoms with Gasteiger partial charge in [0.05, 0.1) is 9.50 Å². The molecule has 1 aromatic rings. The summed E-state index contributed by atoms with van der Waals surface area (Å²) in [5.74, 6) is 0. The summed E-state index contributed by atoms with van der Waals surface area (Å²) in [7, 11) is 0. The van der Waals surface area contributed by atoms with Crippen molar-refractivity contribution in [3.05, 3.63) is 27.2 Å². The molecule has 68 valence electrons. The number of hydrogen-bond donors (Lipinski definition) is 2. The molecule has 0 radical (unpaired) electrons. The molecule has 0 aliphatic carbocycles. The largest absolute Gasteiger partial charge is 0.313 e. The summed E-state index contributed by atoms with van der Waals surface area (Å²) in [6.45, 7) is 0. The van der Waals surface area contributed by atoms with Crippen molar-refractivity contribution >= 4 is 39.4 Å². The highest BCUT2D eigenvalue weighted by Gasteiger charge is 2.07. The van der Waals surface area contributed by atoms with Crippen molar-refractivity contribution in [2.75, 3.05) is 0 Å². The Morgan fingerprint density at radius 2 is 2.23 bits per heavy atom. The molecular formula is C8H7BrClN3. The molecule has 2 N–H and O–H groups in total. The minimum Gasteiger partial charge on any atom is -0.313 e. The van der Waals surface area contributed by atoms with E-state index < -0.39 is 0 Å². The number of benzene rings is 1. The lowest BCUT2D eigenvalue weighted by molar-refractivity contribution is 1.14. The van der Waals surface area contributed by atoms with E-state index >= 15 is 0 Å². The summed E-state index contributed by atoms with van der Waals surface area (Å²) in [4.78, 5) is 0. The maximum Gasteiger partial charge on any atom is 0.101 e. The van der Waals surface area contributed by atoms with Crippen molar-refractivity contribution in [1.82, 2.24) is 0 Å². The normalized spacial score (nSPS) is 9.69. The standard InChI is InChI=1S/C8H7BrClN3/c9-7-6(13-12)2-1-5(3-4-11)8(7)10/h1-2,4,11-12H,3H2. The van der Waals surface area contributed by atoms with Crippen LogP contribution in [-0.2, 0) is 6.42 Å². The highest BCUT2D eigenvalue weighted by atomic mass is 79.9. The van der Waals surface area contributed by atoms with E-state index in [9.17, 15) is 0 Å². The van der Waals surface area contributed by atoms with E-state index in [2.05, 4.69) is 21.0 Å². The Kier molecular flexibility index (Phi) is 3.57. The number of rotatable bonds is 3. The molecule has 0 aliphatic heterocycles. The average Bonchev–Trinajstić information content (AvgIpc) is 2.14. The van der Waals surface area contributed by atoms with Gasteiger partial charge in [0.2, 0.25) is 0 Å². The molecule has 0 spiro atoms. The molecule has 0 fully saturated rings. The van der Waals surface area contributed by atoms with Crippen LogP contribution in [0.2, 0.25) is 5.02 Å². The molecule has 0 bridgehead atoms. The molecular weight excluding hydrogens is 253 g/mol. The first kappa shape index (κ1) is 10.3. The summed E-state index contributed by atoms with van der Waals surface area (Å²) < 4.78 is 0.614. The molecule has 0 saturated carbocycles. The number of nitrogens with one attached hydrogen (secondary N) is 2. The summed E-state index contributed by atoms with van der Waals surface area (Å²) >= 11 is 9.20. The molecule has 5 heteroatoms. The molecule has 1 aromatic carbocycles. The van der Waals surface area contributed by atoms with Crippen molar-refractivity contribution in [2.24, 2.45) is 5.11 Å². The summed E-state index contributed by atoms with van der Waals surface area (Å²) in [6.07, 6.45) is 1.78. The number of nitrogens with zero attached hydrogens (tertiary/aromatic N) is 1. The van der Waals surface area contributed by atoms with Gasteiger partial charge in [-0.25, -0.2) is 5.53 Å². The highest BCUT2D eigenvalue weighted by molar-refractivity contribution is 9.10. The van der Waals surface area contributed by atoms with E-state index in [1.54, 1.807) is 12.1 Å². The van der Waals surface area contributed by atoms with Crippen LogP contribution >= 0.6 is 27.5 Å². The quantitative estimate of drug-likeness (QED) is 0.610. The summed E-state index contributed by atoms with van der Waals surface area (Å²) in [5.41, 5.74) is 8.20. The van der Waals surface area contributed by atoms with Crippen LogP contribution in [0.4, 0.5) is 5.69 Å². The van der Waals surface area contributed by atoms with Gasteiger partial charge in [-0.2, -0.15) is 5.11 Å². The smallest absolute Gasteiger partial charge is 0.101 e. The summed E-state index contributed by atoms with van der Waals surface area (Å²) in [6, 6.07) is 3.47. The van der Waals surface area contributed by atoms with Gasteiger partial charge in [-0.1, -0.05) is 17.7 Å². The molecule has 0 aliphatic rings. The van der Waals surface area contributed by atoms with Gasteiger partial charge in [0.1, 0.15) is 5.69 Å². The van der Waals surface area contributed by atoms with Gasteiger partial charge in [0.15, 0.2) is 0 Å². The first-order valence-corrected chi connectivity index (χ1v) is 4.71. The molecule has 0 atom stereocenters. The molecule has 0 aromatic heterocycles. The number of halogens is 2. The van der Waals surface area contributed by atoms with E-state index in [1.807, 2.05) is 0 Å². The van der Waals surface area contributed by atoms with Gasteiger partial charge >= 0.3 is 0 Å². The van der Waals surface area contributed by atoms with Gasteiger partial charge in [0.25, 0.3) is 0 Å². The molecule has 13 heavy (non-hydrogen) atoms. The third-order valence-electron chi connectivity index (χ3n) is 1.58. The van der Waals surface area contributed by atoms with Crippen molar-refractivity contribution in [1.29, 1.82) is 10.9 Å². The van der Waals surface area contributed by atoms with Crippen LogP contribution in [0, 0.1) is 10.9 Å². The fourth-order valence-corrected chi connectivity index (χ4v) is 1.65. The zero-order valence-electron chi connectivity index (χ0n) is 6.64. The minimum absolute atomic E-state index is 0.496. The van der Waals surface area contributed by atoms with Crippen molar-refractivity contribution < 1.29 is 0 Å². The molecule has 3 nitrogen and oxygen atoms in total. The van der Waals surface area contributed by atoms with Crippen LogP contribution in [0.25, 0.3) is 0 Å². The third kappa shape index (κ3) is 2.14. The van der Waals surface area contributed by atoms with E-state index in [4.69, 9.17) is 22.5 Å². The SMILES string of the molecule is N=CCc1ccc(N=N)c(Br)c1Cl. The molecule has 0 heterocycles. The Hall–Kier alpha value is -0.740. The van der Waals surface area contributed by atoms with Gasteiger partial charge < -0.3 is 5.41 Å². The van der Waals surface area contributed by atoms with Crippen molar-refractivity contribution in [3.63, 3.8) is 0 Å². The van der Waals surface area contributed by atoms with Gasteiger partial charge in [-0.15, -0.1) is 0 Å². The monoisotopic (exact) mass is 259 g/mol. The van der Waals surface area contributed by atoms with Crippen LogP contribution < -0.4 is 0 Å². The van der Waals surface area contributed by atoms with Gasteiger partial charge in [-0.05, 0) is 33.8 Å². The maximum absolute atomic E-state index is 6.95. The highest BCUT2D eigenvalue weighted by Crippen LogP contribution is 2.34. The second-order valence-electron chi connectivity index (χ2n) is 2.39. The lowest BCUT2D eigenvalue weighted by atomic mass is 10.1. The average molecular weight is 261 g/mol.